The summed E-state index contributed by atoms with van der Waals surface area (Å²) in [4.78, 5) is 13.5. The quantitative estimate of drug-likeness (QED) is 0.765. The van der Waals surface area contributed by atoms with E-state index in [-0.39, 0.29) is 6.10 Å². The van der Waals surface area contributed by atoms with Gasteiger partial charge in [0.05, 0.1) is 17.4 Å². The average Bonchev–Trinajstić information content (AvgIpc) is 2.55. The zero-order valence-electron chi connectivity index (χ0n) is 11.3. The summed E-state index contributed by atoms with van der Waals surface area (Å²) in [7, 11) is 1.89. The summed E-state index contributed by atoms with van der Waals surface area (Å²) >= 11 is 0. The molecule has 18 heavy (non-hydrogen) atoms. The molecule has 2 heterocycles. The van der Waals surface area contributed by atoms with Crippen molar-refractivity contribution in [2.75, 3.05) is 24.6 Å². The first-order valence-corrected chi connectivity index (χ1v) is 6.52. The molecule has 0 amide bonds. The third-order valence-corrected chi connectivity index (χ3v) is 3.46. The molecule has 1 aliphatic rings. The Kier molecular flexibility index (Phi) is 4.01. The van der Waals surface area contributed by atoms with Crippen LogP contribution < -0.4 is 4.90 Å². The summed E-state index contributed by atoms with van der Waals surface area (Å²) in [6, 6.07) is 0. The van der Waals surface area contributed by atoms with Crippen LogP contribution in [0.25, 0.3) is 0 Å². The Morgan fingerprint density at radius 1 is 1.56 bits per heavy atom. The molecule has 1 fully saturated rings. The Hall–Kier alpha value is -1.36. The van der Waals surface area contributed by atoms with Gasteiger partial charge in [0.25, 0.3) is 0 Å². The highest BCUT2D eigenvalue weighted by molar-refractivity contribution is 5.84. The summed E-state index contributed by atoms with van der Waals surface area (Å²) in [5.41, 5.74) is 1.50. The fourth-order valence-electron chi connectivity index (χ4n) is 2.51. The van der Waals surface area contributed by atoms with Crippen LogP contribution in [0.3, 0.4) is 0 Å². The van der Waals surface area contributed by atoms with E-state index in [0.29, 0.717) is 5.56 Å². The number of ether oxygens (including phenoxy) is 1. The normalized spacial score (nSPS) is 20.8. The standard InChI is InChI=1S/C13H21N3O2/c1-4-11-8-16(6-5-7-18-11)13-12(9-17)10(2)14-15(13)3/h9,11H,4-8H2,1-3H3. The summed E-state index contributed by atoms with van der Waals surface area (Å²) in [6.07, 6.45) is 3.12. The van der Waals surface area contributed by atoms with Gasteiger partial charge in [0.2, 0.25) is 0 Å². The number of aromatic nitrogens is 2. The Balaban J connectivity index is 2.31. The van der Waals surface area contributed by atoms with Crippen LogP contribution in [-0.4, -0.2) is 41.9 Å². The summed E-state index contributed by atoms with van der Waals surface area (Å²) in [5, 5.41) is 4.34. The average molecular weight is 251 g/mol. The van der Waals surface area contributed by atoms with Crippen LogP contribution >= 0.6 is 0 Å². The van der Waals surface area contributed by atoms with Crippen molar-refractivity contribution in [3.05, 3.63) is 11.3 Å². The molecule has 1 unspecified atom stereocenters. The van der Waals surface area contributed by atoms with E-state index in [1.54, 1.807) is 4.68 Å². The topological polar surface area (TPSA) is 47.4 Å². The van der Waals surface area contributed by atoms with Gasteiger partial charge in [-0.1, -0.05) is 6.92 Å². The fraction of sp³-hybridized carbons (Fsp3) is 0.692. The second-order valence-electron chi connectivity index (χ2n) is 4.76. The first kappa shape index (κ1) is 13.1. The van der Waals surface area contributed by atoms with E-state index >= 15 is 0 Å². The van der Waals surface area contributed by atoms with Crippen molar-refractivity contribution >= 4 is 12.1 Å². The number of aryl methyl sites for hydroxylation is 2. The van der Waals surface area contributed by atoms with Gasteiger partial charge in [0.15, 0.2) is 6.29 Å². The van der Waals surface area contributed by atoms with Gasteiger partial charge in [-0.25, -0.2) is 0 Å². The van der Waals surface area contributed by atoms with E-state index in [2.05, 4.69) is 16.9 Å². The van der Waals surface area contributed by atoms with Crippen LogP contribution in [0.15, 0.2) is 0 Å². The SMILES string of the molecule is CCC1CN(c2c(C=O)c(C)nn2C)CCCO1. The molecule has 0 N–H and O–H groups in total. The molecule has 1 aliphatic heterocycles. The van der Waals surface area contributed by atoms with Crippen LogP contribution in [-0.2, 0) is 11.8 Å². The molecule has 0 aliphatic carbocycles. The zero-order chi connectivity index (χ0) is 13.1. The number of nitrogens with zero attached hydrogens (tertiary/aromatic N) is 3. The molecule has 2 rings (SSSR count). The number of aldehydes is 1. The highest BCUT2D eigenvalue weighted by Crippen LogP contribution is 2.24. The molecule has 0 radical (unpaired) electrons. The van der Waals surface area contributed by atoms with Gasteiger partial charge in [0, 0.05) is 26.7 Å². The van der Waals surface area contributed by atoms with Crippen LogP contribution in [0, 0.1) is 6.92 Å². The number of carbonyl (C=O) groups is 1. The van der Waals surface area contributed by atoms with Crippen LogP contribution in [0.2, 0.25) is 0 Å². The zero-order valence-corrected chi connectivity index (χ0v) is 11.3. The third-order valence-electron chi connectivity index (χ3n) is 3.46. The van der Waals surface area contributed by atoms with Gasteiger partial charge in [0.1, 0.15) is 5.82 Å². The maximum absolute atomic E-state index is 11.2. The number of carbonyl (C=O) groups excluding carboxylic acids is 1. The van der Waals surface area contributed by atoms with Gasteiger partial charge in [-0.3, -0.25) is 9.48 Å². The Morgan fingerprint density at radius 2 is 2.33 bits per heavy atom. The highest BCUT2D eigenvalue weighted by Gasteiger charge is 2.23. The van der Waals surface area contributed by atoms with Gasteiger partial charge in [-0.05, 0) is 19.8 Å². The largest absolute Gasteiger partial charge is 0.376 e. The lowest BCUT2D eigenvalue weighted by Gasteiger charge is -2.25. The minimum Gasteiger partial charge on any atom is -0.376 e. The highest BCUT2D eigenvalue weighted by atomic mass is 16.5. The minimum absolute atomic E-state index is 0.238. The molecule has 5 nitrogen and oxygen atoms in total. The van der Waals surface area contributed by atoms with Crippen LogP contribution in [0.4, 0.5) is 5.82 Å². The second kappa shape index (κ2) is 5.52. The van der Waals surface area contributed by atoms with E-state index in [1.807, 2.05) is 14.0 Å². The van der Waals surface area contributed by atoms with Crippen LogP contribution in [0.5, 0.6) is 0 Å². The number of hydrogen-bond acceptors (Lipinski definition) is 4. The van der Waals surface area contributed by atoms with Crippen molar-refractivity contribution in [1.82, 2.24) is 9.78 Å². The molecule has 0 bridgehead atoms. The van der Waals surface area contributed by atoms with Gasteiger partial charge < -0.3 is 9.64 Å². The maximum atomic E-state index is 11.2. The smallest absolute Gasteiger partial charge is 0.155 e. The van der Waals surface area contributed by atoms with Crippen molar-refractivity contribution in [2.45, 2.75) is 32.8 Å². The van der Waals surface area contributed by atoms with Crippen molar-refractivity contribution in [3.8, 4) is 0 Å². The van der Waals surface area contributed by atoms with Gasteiger partial charge in [-0.15, -0.1) is 0 Å². The van der Waals surface area contributed by atoms with Crippen molar-refractivity contribution < 1.29 is 9.53 Å². The third kappa shape index (κ3) is 2.41. The Bertz CT molecular complexity index is 428. The van der Waals surface area contributed by atoms with E-state index in [9.17, 15) is 4.79 Å². The minimum atomic E-state index is 0.238. The summed E-state index contributed by atoms with van der Waals surface area (Å²) < 4.78 is 7.57. The van der Waals surface area contributed by atoms with E-state index in [0.717, 1.165) is 50.3 Å². The van der Waals surface area contributed by atoms with Crippen molar-refractivity contribution in [2.24, 2.45) is 7.05 Å². The van der Waals surface area contributed by atoms with E-state index < -0.39 is 0 Å². The molecule has 1 saturated heterocycles. The Morgan fingerprint density at radius 3 is 3.00 bits per heavy atom. The Labute approximate surface area is 108 Å². The lowest BCUT2D eigenvalue weighted by Crippen LogP contribution is -2.33. The first-order chi connectivity index (χ1) is 8.67. The van der Waals surface area contributed by atoms with Crippen molar-refractivity contribution in [1.29, 1.82) is 0 Å². The molecule has 0 aromatic carbocycles. The van der Waals surface area contributed by atoms with Crippen molar-refractivity contribution in [3.63, 3.8) is 0 Å². The molecular formula is C13H21N3O2. The van der Waals surface area contributed by atoms with Gasteiger partial charge >= 0.3 is 0 Å². The molecule has 0 saturated carbocycles. The number of rotatable bonds is 3. The predicted molar refractivity (Wildman–Crippen MR) is 70.2 cm³/mol. The molecule has 1 aromatic heterocycles. The molecule has 100 valence electrons. The lowest BCUT2D eigenvalue weighted by molar-refractivity contribution is 0.0663. The number of hydrogen-bond donors (Lipinski definition) is 0. The van der Waals surface area contributed by atoms with Gasteiger partial charge in [-0.2, -0.15) is 5.10 Å². The molecule has 1 aromatic rings. The summed E-state index contributed by atoms with van der Waals surface area (Å²) in [5.74, 6) is 0.923. The maximum Gasteiger partial charge on any atom is 0.155 e. The molecule has 1 atom stereocenters. The number of anilines is 1. The predicted octanol–water partition coefficient (Wildman–Crippen LogP) is 1.55. The first-order valence-electron chi connectivity index (χ1n) is 6.52. The molecular weight excluding hydrogens is 230 g/mol. The molecule has 0 spiro atoms. The lowest BCUT2D eigenvalue weighted by atomic mass is 10.2. The molecule has 5 heteroatoms. The monoisotopic (exact) mass is 251 g/mol. The second-order valence-corrected chi connectivity index (χ2v) is 4.76. The summed E-state index contributed by atoms with van der Waals surface area (Å²) in [6.45, 7) is 6.54. The van der Waals surface area contributed by atoms with Crippen LogP contribution in [0.1, 0.15) is 35.8 Å². The van der Waals surface area contributed by atoms with E-state index in [4.69, 9.17) is 4.74 Å². The van der Waals surface area contributed by atoms with E-state index in [1.165, 1.54) is 0 Å². The fourth-order valence-corrected chi connectivity index (χ4v) is 2.51.